The van der Waals surface area contributed by atoms with Crippen LogP contribution in [0.4, 0.5) is 0 Å². The Morgan fingerprint density at radius 2 is 2.00 bits per heavy atom. The van der Waals surface area contributed by atoms with Crippen molar-refractivity contribution in [3.05, 3.63) is 23.8 Å². The van der Waals surface area contributed by atoms with Gasteiger partial charge in [-0.2, -0.15) is 0 Å². The van der Waals surface area contributed by atoms with Crippen molar-refractivity contribution >= 4 is 5.96 Å². The molecule has 0 saturated heterocycles. The highest BCUT2D eigenvalue weighted by molar-refractivity contribution is 5.75. The molecule has 2 rings (SSSR count). The van der Waals surface area contributed by atoms with Crippen molar-refractivity contribution in [3.8, 4) is 11.5 Å². The molecule has 0 aliphatic heterocycles. The zero-order valence-corrected chi connectivity index (χ0v) is 11.3. The molecule has 1 aliphatic carbocycles. The van der Waals surface area contributed by atoms with Crippen molar-refractivity contribution in [1.29, 1.82) is 0 Å². The molecule has 0 heterocycles. The summed E-state index contributed by atoms with van der Waals surface area (Å²) in [6.45, 7) is 0.447. The number of nitrogens with zero attached hydrogens (tertiary/aromatic N) is 1. The third kappa shape index (κ3) is 3.77. The molecule has 1 aliphatic rings. The zero-order valence-electron chi connectivity index (χ0n) is 11.3. The quantitative estimate of drug-likeness (QED) is 0.626. The summed E-state index contributed by atoms with van der Waals surface area (Å²) in [6, 6.07) is 5.80. The summed E-state index contributed by atoms with van der Waals surface area (Å²) in [5.74, 6) is 1.61. The minimum absolute atomic E-state index is 0.0882. The summed E-state index contributed by atoms with van der Waals surface area (Å²) in [4.78, 5) is 3.98. The van der Waals surface area contributed by atoms with E-state index in [2.05, 4.69) is 4.99 Å². The van der Waals surface area contributed by atoms with Crippen LogP contribution in [0.15, 0.2) is 23.2 Å². The Hall–Kier alpha value is -1.91. The predicted octanol–water partition coefficient (Wildman–Crippen LogP) is 1.79. The van der Waals surface area contributed by atoms with Crippen molar-refractivity contribution < 1.29 is 9.47 Å². The van der Waals surface area contributed by atoms with Gasteiger partial charge in [-0.05, 0) is 43.4 Å². The maximum absolute atomic E-state index is 5.97. The summed E-state index contributed by atoms with van der Waals surface area (Å²) in [5.41, 5.74) is 11.6. The Kier molecular flexibility index (Phi) is 4.49. The van der Waals surface area contributed by atoms with Gasteiger partial charge in [0.05, 0.1) is 19.8 Å². The highest BCUT2D eigenvalue weighted by Crippen LogP contribution is 2.32. The summed E-state index contributed by atoms with van der Waals surface area (Å²) in [5, 5.41) is 0. The third-order valence-electron chi connectivity index (χ3n) is 3.27. The van der Waals surface area contributed by atoms with Crippen molar-refractivity contribution in [2.75, 3.05) is 7.11 Å². The van der Waals surface area contributed by atoms with Crippen LogP contribution in [0.2, 0.25) is 0 Å². The molecule has 4 N–H and O–H groups in total. The maximum Gasteiger partial charge on any atom is 0.186 e. The Balaban J connectivity index is 2.09. The van der Waals surface area contributed by atoms with Crippen LogP contribution in [0.1, 0.15) is 31.2 Å². The van der Waals surface area contributed by atoms with E-state index in [-0.39, 0.29) is 5.96 Å². The molecule has 1 fully saturated rings. The van der Waals surface area contributed by atoms with E-state index in [9.17, 15) is 0 Å². The van der Waals surface area contributed by atoms with Gasteiger partial charge >= 0.3 is 0 Å². The largest absolute Gasteiger partial charge is 0.493 e. The third-order valence-corrected chi connectivity index (χ3v) is 3.27. The Bertz CT molecular complexity index is 450. The molecular weight excluding hydrogens is 242 g/mol. The van der Waals surface area contributed by atoms with Crippen molar-refractivity contribution in [2.24, 2.45) is 16.5 Å². The molecule has 1 aromatic rings. The lowest BCUT2D eigenvalue weighted by Gasteiger charge is -2.16. The van der Waals surface area contributed by atoms with E-state index in [4.69, 9.17) is 20.9 Å². The Morgan fingerprint density at radius 3 is 2.63 bits per heavy atom. The Morgan fingerprint density at radius 1 is 1.26 bits per heavy atom. The summed E-state index contributed by atoms with van der Waals surface area (Å²) in [6.07, 6.45) is 5.06. The number of benzene rings is 1. The number of methoxy groups -OCH3 is 1. The number of nitrogens with two attached hydrogens (primary N) is 2. The van der Waals surface area contributed by atoms with Gasteiger partial charge in [0.1, 0.15) is 0 Å². The number of guanidine groups is 1. The highest BCUT2D eigenvalue weighted by Gasteiger charge is 2.18. The first-order chi connectivity index (χ1) is 9.19. The summed E-state index contributed by atoms with van der Waals surface area (Å²) in [7, 11) is 1.64. The molecule has 0 bridgehead atoms. The van der Waals surface area contributed by atoms with Crippen LogP contribution in [-0.2, 0) is 6.54 Å². The van der Waals surface area contributed by atoms with Gasteiger partial charge < -0.3 is 20.9 Å². The van der Waals surface area contributed by atoms with E-state index in [1.165, 1.54) is 12.8 Å². The predicted molar refractivity (Wildman–Crippen MR) is 75.4 cm³/mol. The van der Waals surface area contributed by atoms with Crippen LogP contribution >= 0.6 is 0 Å². The standard InChI is InChI=1S/C14H21N3O2/c1-18-13-8-10(9-17-14(15)16)6-7-12(13)19-11-4-2-3-5-11/h6-8,11H,2-5,9H2,1H3,(H4,15,16,17). The number of rotatable bonds is 5. The van der Waals surface area contributed by atoms with Gasteiger partial charge in [-0.15, -0.1) is 0 Å². The molecule has 0 radical (unpaired) electrons. The SMILES string of the molecule is COc1cc(CN=C(N)N)ccc1OC1CCCC1. The maximum atomic E-state index is 5.97. The normalized spacial score (nSPS) is 15.2. The van der Waals surface area contributed by atoms with Crippen LogP contribution in [-0.4, -0.2) is 19.2 Å². The molecule has 5 nitrogen and oxygen atoms in total. The van der Waals surface area contributed by atoms with Gasteiger partial charge in [-0.3, -0.25) is 0 Å². The first kappa shape index (κ1) is 13.5. The second-order valence-corrected chi connectivity index (χ2v) is 4.75. The topological polar surface area (TPSA) is 82.9 Å². The fraction of sp³-hybridized carbons (Fsp3) is 0.500. The summed E-state index contributed by atoms with van der Waals surface area (Å²) >= 11 is 0. The molecular formula is C14H21N3O2. The van der Waals surface area contributed by atoms with E-state index >= 15 is 0 Å². The minimum Gasteiger partial charge on any atom is -0.493 e. The smallest absolute Gasteiger partial charge is 0.186 e. The first-order valence-electron chi connectivity index (χ1n) is 6.58. The van der Waals surface area contributed by atoms with Crippen LogP contribution in [0.5, 0.6) is 11.5 Å². The highest BCUT2D eigenvalue weighted by atomic mass is 16.5. The van der Waals surface area contributed by atoms with Gasteiger partial charge in [-0.1, -0.05) is 6.07 Å². The lowest BCUT2D eigenvalue weighted by atomic mass is 10.2. The second kappa shape index (κ2) is 6.31. The van der Waals surface area contributed by atoms with Gasteiger partial charge in [0, 0.05) is 0 Å². The molecule has 0 spiro atoms. The molecule has 19 heavy (non-hydrogen) atoms. The fourth-order valence-corrected chi connectivity index (χ4v) is 2.28. The Labute approximate surface area is 113 Å². The van der Waals surface area contributed by atoms with Crippen molar-refractivity contribution in [1.82, 2.24) is 0 Å². The van der Waals surface area contributed by atoms with Crippen LogP contribution < -0.4 is 20.9 Å². The minimum atomic E-state index is 0.0882. The average molecular weight is 263 g/mol. The van der Waals surface area contributed by atoms with Crippen LogP contribution in [0.25, 0.3) is 0 Å². The van der Waals surface area contributed by atoms with E-state index in [1.807, 2.05) is 18.2 Å². The van der Waals surface area contributed by atoms with Gasteiger partial charge in [0.25, 0.3) is 0 Å². The molecule has 1 aromatic carbocycles. The molecule has 0 aromatic heterocycles. The van der Waals surface area contributed by atoms with Crippen LogP contribution in [0, 0.1) is 0 Å². The monoisotopic (exact) mass is 263 g/mol. The molecule has 0 atom stereocenters. The van der Waals surface area contributed by atoms with Gasteiger partial charge in [0.15, 0.2) is 17.5 Å². The van der Waals surface area contributed by atoms with Crippen LogP contribution in [0.3, 0.4) is 0 Å². The van der Waals surface area contributed by atoms with E-state index in [0.717, 1.165) is 29.9 Å². The number of aliphatic imine (C=N–C) groups is 1. The second-order valence-electron chi connectivity index (χ2n) is 4.75. The van der Waals surface area contributed by atoms with Crippen molar-refractivity contribution in [2.45, 2.75) is 38.3 Å². The van der Waals surface area contributed by atoms with Gasteiger partial charge in [-0.25, -0.2) is 4.99 Å². The van der Waals surface area contributed by atoms with Crippen molar-refractivity contribution in [3.63, 3.8) is 0 Å². The lowest BCUT2D eigenvalue weighted by molar-refractivity contribution is 0.200. The number of hydrogen-bond donors (Lipinski definition) is 2. The fourth-order valence-electron chi connectivity index (χ4n) is 2.28. The number of ether oxygens (including phenoxy) is 2. The molecule has 1 saturated carbocycles. The summed E-state index contributed by atoms with van der Waals surface area (Å²) < 4.78 is 11.3. The van der Waals surface area contributed by atoms with E-state index in [1.54, 1.807) is 7.11 Å². The first-order valence-corrected chi connectivity index (χ1v) is 6.58. The zero-order chi connectivity index (χ0) is 13.7. The number of hydrogen-bond acceptors (Lipinski definition) is 3. The van der Waals surface area contributed by atoms with E-state index < -0.39 is 0 Å². The molecule has 104 valence electrons. The molecule has 0 amide bonds. The molecule has 0 unspecified atom stereocenters. The lowest BCUT2D eigenvalue weighted by Crippen LogP contribution is -2.22. The van der Waals surface area contributed by atoms with Gasteiger partial charge in [0.2, 0.25) is 0 Å². The van der Waals surface area contributed by atoms with E-state index in [0.29, 0.717) is 12.6 Å². The average Bonchev–Trinajstić information content (AvgIpc) is 2.90. The molecule has 5 heteroatoms.